The molecule has 3 heteroatoms. The zero-order valence-corrected chi connectivity index (χ0v) is 11.4. The largest absolute Gasteiger partial charge is 0.483 e. The summed E-state index contributed by atoms with van der Waals surface area (Å²) in [6.45, 7) is 6.41. The molecule has 1 aromatic rings. The van der Waals surface area contributed by atoms with E-state index in [1.807, 2.05) is 18.2 Å². The number of hydrogen-bond donors (Lipinski definition) is 1. The highest BCUT2D eigenvalue weighted by atomic mass is 16.5. The lowest BCUT2D eigenvalue weighted by molar-refractivity contribution is 0.0571. The molecule has 1 aliphatic heterocycles. The first-order chi connectivity index (χ1) is 8.74. The van der Waals surface area contributed by atoms with Gasteiger partial charge in [0.05, 0.1) is 12.2 Å². The summed E-state index contributed by atoms with van der Waals surface area (Å²) in [6.07, 6.45) is 2.82. The molecule has 0 amide bonds. The van der Waals surface area contributed by atoms with Gasteiger partial charge in [-0.3, -0.25) is 0 Å². The number of benzene rings is 1. The number of para-hydroxylation sites is 2. The quantitative estimate of drug-likeness (QED) is 0.871. The minimum atomic E-state index is -0.0796. The first-order valence-electron chi connectivity index (χ1n) is 6.88. The van der Waals surface area contributed by atoms with E-state index in [9.17, 15) is 0 Å². The third-order valence-corrected chi connectivity index (χ3v) is 3.89. The van der Waals surface area contributed by atoms with Gasteiger partial charge in [-0.2, -0.15) is 0 Å². The minimum Gasteiger partial charge on any atom is -0.483 e. The number of aliphatic hydroxyl groups excluding tert-OH is 1. The van der Waals surface area contributed by atoms with Crippen LogP contribution >= 0.6 is 0 Å². The number of nitrogens with zero attached hydrogens (tertiary/aromatic N) is 1. The summed E-state index contributed by atoms with van der Waals surface area (Å²) in [5, 5.41) is 9.03. The molecule has 100 valence electrons. The van der Waals surface area contributed by atoms with Gasteiger partial charge in [-0.05, 0) is 31.4 Å². The molecular formula is C15H23NO2. The molecule has 1 N–H and O–H groups in total. The van der Waals surface area contributed by atoms with Crippen molar-refractivity contribution in [1.29, 1.82) is 0 Å². The number of ether oxygens (including phenoxy) is 1. The molecular weight excluding hydrogens is 226 g/mol. The molecule has 0 spiro atoms. The molecule has 0 bridgehead atoms. The second kappa shape index (κ2) is 5.61. The maximum Gasteiger partial charge on any atom is 0.143 e. The zero-order valence-electron chi connectivity index (χ0n) is 11.4. The van der Waals surface area contributed by atoms with Gasteiger partial charge in [0.15, 0.2) is 0 Å². The van der Waals surface area contributed by atoms with Crippen molar-refractivity contribution in [3.05, 3.63) is 24.3 Å². The molecule has 0 saturated heterocycles. The van der Waals surface area contributed by atoms with E-state index in [-0.39, 0.29) is 12.2 Å². The highest BCUT2D eigenvalue weighted by Gasteiger charge is 2.36. The van der Waals surface area contributed by atoms with Crippen LogP contribution in [0.4, 0.5) is 5.69 Å². The SMILES string of the molecule is CCC1(CC)CN(CCCO)c2ccccc2O1. The lowest BCUT2D eigenvalue weighted by Crippen LogP contribution is -2.50. The monoisotopic (exact) mass is 249 g/mol. The summed E-state index contributed by atoms with van der Waals surface area (Å²) in [4.78, 5) is 2.35. The number of hydrogen-bond acceptors (Lipinski definition) is 3. The van der Waals surface area contributed by atoms with Gasteiger partial charge in [0.1, 0.15) is 11.4 Å². The summed E-state index contributed by atoms with van der Waals surface area (Å²) in [5.74, 6) is 0.977. The van der Waals surface area contributed by atoms with Crippen molar-refractivity contribution in [2.24, 2.45) is 0 Å². The average molecular weight is 249 g/mol. The fraction of sp³-hybridized carbons (Fsp3) is 0.600. The smallest absolute Gasteiger partial charge is 0.143 e. The van der Waals surface area contributed by atoms with Crippen LogP contribution in [0.5, 0.6) is 5.75 Å². The summed E-state index contributed by atoms with van der Waals surface area (Å²) in [6, 6.07) is 8.20. The van der Waals surface area contributed by atoms with Crippen molar-refractivity contribution in [2.45, 2.75) is 38.7 Å². The highest BCUT2D eigenvalue weighted by Crippen LogP contribution is 2.39. The Balaban J connectivity index is 2.28. The number of aliphatic hydroxyl groups is 1. The van der Waals surface area contributed by atoms with Gasteiger partial charge in [0.25, 0.3) is 0 Å². The molecule has 0 saturated carbocycles. The third kappa shape index (κ3) is 2.46. The summed E-state index contributed by atoms with van der Waals surface area (Å²) in [7, 11) is 0. The lowest BCUT2D eigenvalue weighted by atomic mass is 9.94. The molecule has 0 aromatic heterocycles. The van der Waals surface area contributed by atoms with E-state index in [2.05, 4.69) is 24.8 Å². The Morgan fingerprint density at radius 1 is 1.28 bits per heavy atom. The first kappa shape index (κ1) is 13.2. The lowest BCUT2D eigenvalue weighted by Gasteiger charge is -2.44. The zero-order chi connectivity index (χ0) is 13.0. The first-order valence-corrected chi connectivity index (χ1v) is 6.88. The van der Waals surface area contributed by atoms with Gasteiger partial charge >= 0.3 is 0 Å². The Morgan fingerprint density at radius 3 is 2.67 bits per heavy atom. The second-order valence-corrected chi connectivity index (χ2v) is 4.96. The van der Waals surface area contributed by atoms with Gasteiger partial charge in [0.2, 0.25) is 0 Å². The van der Waals surface area contributed by atoms with Crippen LogP contribution in [0, 0.1) is 0 Å². The van der Waals surface area contributed by atoms with Crippen molar-refractivity contribution in [3.8, 4) is 5.75 Å². The Hall–Kier alpha value is -1.22. The van der Waals surface area contributed by atoms with E-state index in [1.165, 1.54) is 0 Å². The Labute approximate surface area is 109 Å². The van der Waals surface area contributed by atoms with Gasteiger partial charge < -0.3 is 14.7 Å². The van der Waals surface area contributed by atoms with E-state index in [0.29, 0.717) is 0 Å². The summed E-state index contributed by atoms with van der Waals surface area (Å²) >= 11 is 0. The van der Waals surface area contributed by atoms with E-state index >= 15 is 0 Å². The van der Waals surface area contributed by atoms with Crippen LogP contribution in [-0.4, -0.2) is 30.4 Å². The summed E-state index contributed by atoms with van der Waals surface area (Å²) in [5.41, 5.74) is 1.08. The van der Waals surface area contributed by atoms with E-state index in [0.717, 1.165) is 43.8 Å². The predicted molar refractivity (Wildman–Crippen MR) is 74.3 cm³/mol. The van der Waals surface area contributed by atoms with Crippen LogP contribution in [0.1, 0.15) is 33.1 Å². The third-order valence-electron chi connectivity index (χ3n) is 3.89. The standard InChI is InChI=1S/C15H23NO2/c1-3-15(4-2)12-16(10-7-11-17)13-8-5-6-9-14(13)18-15/h5-6,8-9,17H,3-4,7,10-12H2,1-2H3. The highest BCUT2D eigenvalue weighted by molar-refractivity contribution is 5.60. The Morgan fingerprint density at radius 2 is 2.00 bits per heavy atom. The topological polar surface area (TPSA) is 32.7 Å². The van der Waals surface area contributed by atoms with Gasteiger partial charge in [0, 0.05) is 13.2 Å². The van der Waals surface area contributed by atoms with Crippen molar-refractivity contribution in [1.82, 2.24) is 0 Å². The van der Waals surface area contributed by atoms with Crippen molar-refractivity contribution in [2.75, 3.05) is 24.6 Å². The fourth-order valence-corrected chi connectivity index (χ4v) is 2.58. The molecule has 3 nitrogen and oxygen atoms in total. The summed E-state index contributed by atoms with van der Waals surface area (Å²) < 4.78 is 6.22. The van der Waals surface area contributed by atoms with Crippen molar-refractivity contribution < 1.29 is 9.84 Å². The minimum absolute atomic E-state index is 0.0796. The van der Waals surface area contributed by atoms with Crippen LogP contribution in [-0.2, 0) is 0 Å². The molecule has 2 rings (SSSR count). The number of rotatable bonds is 5. The maximum absolute atomic E-state index is 9.03. The second-order valence-electron chi connectivity index (χ2n) is 4.96. The molecule has 0 radical (unpaired) electrons. The van der Waals surface area contributed by atoms with E-state index < -0.39 is 0 Å². The maximum atomic E-state index is 9.03. The Kier molecular flexibility index (Phi) is 4.12. The van der Waals surface area contributed by atoms with Gasteiger partial charge in [-0.25, -0.2) is 0 Å². The molecule has 1 aromatic carbocycles. The normalized spacial score (nSPS) is 17.2. The average Bonchev–Trinajstić information content (AvgIpc) is 2.44. The fourth-order valence-electron chi connectivity index (χ4n) is 2.58. The van der Waals surface area contributed by atoms with Crippen molar-refractivity contribution >= 4 is 5.69 Å². The van der Waals surface area contributed by atoms with E-state index in [4.69, 9.17) is 9.84 Å². The molecule has 1 heterocycles. The number of anilines is 1. The molecule has 0 fully saturated rings. The predicted octanol–water partition coefficient (Wildman–Crippen LogP) is 2.83. The van der Waals surface area contributed by atoms with Crippen LogP contribution < -0.4 is 9.64 Å². The van der Waals surface area contributed by atoms with Gasteiger partial charge in [-0.15, -0.1) is 0 Å². The Bertz CT molecular complexity index is 388. The molecule has 0 aliphatic carbocycles. The molecule has 18 heavy (non-hydrogen) atoms. The molecule has 0 atom stereocenters. The molecule has 1 aliphatic rings. The van der Waals surface area contributed by atoms with Crippen LogP contribution in [0.2, 0.25) is 0 Å². The van der Waals surface area contributed by atoms with E-state index in [1.54, 1.807) is 0 Å². The van der Waals surface area contributed by atoms with Crippen LogP contribution in [0.15, 0.2) is 24.3 Å². The number of fused-ring (bicyclic) bond motifs is 1. The molecule has 0 unspecified atom stereocenters. The van der Waals surface area contributed by atoms with Gasteiger partial charge in [-0.1, -0.05) is 26.0 Å². The van der Waals surface area contributed by atoms with Crippen molar-refractivity contribution in [3.63, 3.8) is 0 Å². The van der Waals surface area contributed by atoms with Crippen LogP contribution in [0.3, 0.4) is 0 Å². The van der Waals surface area contributed by atoms with Crippen LogP contribution in [0.25, 0.3) is 0 Å².